The third-order valence-electron chi connectivity index (χ3n) is 5.47. The van der Waals surface area contributed by atoms with Gasteiger partial charge in [0.15, 0.2) is 11.2 Å². The number of aromatic nitrogens is 2. The van der Waals surface area contributed by atoms with Gasteiger partial charge in [0.25, 0.3) is 5.89 Å². The number of hydrogen-bond acceptors (Lipinski definition) is 4. The first-order chi connectivity index (χ1) is 14.6. The van der Waals surface area contributed by atoms with Gasteiger partial charge in [0.05, 0.1) is 0 Å². The lowest BCUT2D eigenvalue weighted by atomic mass is 9.97. The van der Waals surface area contributed by atoms with Crippen LogP contribution in [0.5, 0.6) is 0 Å². The molecular weight excluding hydrogens is 372 g/mol. The standard InChI is InChI=1S/C26H26N2O2/c1-18-10-9-11-19(2)24(18)21-16-23-25(27-17-21)28-26(30-23)22(29)15-8-4-7-14-20-12-5-3-6-13-20/h3,5-6,9-13,16-17H,4,7-8,14-15H2,1-2H3. The highest BCUT2D eigenvalue weighted by Gasteiger charge is 2.16. The zero-order valence-electron chi connectivity index (χ0n) is 17.5. The van der Waals surface area contributed by atoms with E-state index in [0.717, 1.165) is 36.8 Å². The minimum atomic E-state index is -0.0543. The average Bonchev–Trinajstić information content (AvgIpc) is 3.18. The zero-order valence-corrected chi connectivity index (χ0v) is 17.5. The van der Waals surface area contributed by atoms with Crippen molar-refractivity contribution in [2.45, 2.75) is 46.0 Å². The number of fused-ring (bicyclic) bond motifs is 1. The number of rotatable bonds is 8. The molecule has 0 fully saturated rings. The molecule has 4 aromatic rings. The van der Waals surface area contributed by atoms with Crippen LogP contribution in [0.25, 0.3) is 22.4 Å². The molecule has 30 heavy (non-hydrogen) atoms. The molecule has 0 radical (unpaired) electrons. The van der Waals surface area contributed by atoms with Gasteiger partial charge in [-0.15, -0.1) is 0 Å². The Balaban J connectivity index is 1.39. The third-order valence-corrected chi connectivity index (χ3v) is 5.47. The van der Waals surface area contributed by atoms with E-state index in [9.17, 15) is 4.79 Å². The number of aryl methyl sites for hydroxylation is 3. The Labute approximate surface area is 177 Å². The molecule has 4 nitrogen and oxygen atoms in total. The van der Waals surface area contributed by atoms with Crippen LogP contribution in [0.15, 0.2) is 65.2 Å². The summed E-state index contributed by atoms with van der Waals surface area (Å²) in [6.07, 6.45) is 6.22. The molecule has 4 heteroatoms. The van der Waals surface area contributed by atoms with E-state index in [1.807, 2.05) is 18.2 Å². The van der Waals surface area contributed by atoms with E-state index in [-0.39, 0.29) is 11.7 Å². The molecular formula is C26H26N2O2. The van der Waals surface area contributed by atoms with Crippen molar-refractivity contribution in [2.75, 3.05) is 0 Å². The van der Waals surface area contributed by atoms with Gasteiger partial charge in [0.2, 0.25) is 5.78 Å². The minimum absolute atomic E-state index is 0.0543. The summed E-state index contributed by atoms with van der Waals surface area (Å²) < 4.78 is 5.77. The number of carbonyl (C=O) groups is 1. The van der Waals surface area contributed by atoms with E-state index < -0.39 is 0 Å². The molecule has 0 aliphatic carbocycles. The van der Waals surface area contributed by atoms with Gasteiger partial charge in [-0.1, -0.05) is 55.0 Å². The van der Waals surface area contributed by atoms with Gasteiger partial charge in [-0.25, -0.2) is 4.98 Å². The molecule has 0 unspecified atom stereocenters. The van der Waals surface area contributed by atoms with Crippen LogP contribution in [-0.4, -0.2) is 15.8 Å². The first-order valence-corrected chi connectivity index (χ1v) is 10.5. The van der Waals surface area contributed by atoms with E-state index >= 15 is 0 Å². The highest BCUT2D eigenvalue weighted by atomic mass is 16.4. The Morgan fingerprint density at radius 1 is 0.933 bits per heavy atom. The summed E-state index contributed by atoms with van der Waals surface area (Å²) in [5.74, 6) is 0.112. The molecule has 0 bridgehead atoms. The SMILES string of the molecule is Cc1cccc(C)c1-c1cnc2nc(C(=O)CCCCCc3ccccc3)oc2c1. The smallest absolute Gasteiger partial charge is 0.265 e. The molecule has 2 aromatic carbocycles. The Morgan fingerprint density at radius 3 is 2.47 bits per heavy atom. The van der Waals surface area contributed by atoms with E-state index in [1.54, 1.807) is 6.20 Å². The maximum absolute atomic E-state index is 12.5. The number of carbonyl (C=O) groups excluding carboxylic acids is 1. The van der Waals surface area contributed by atoms with Crippen molar-refractivity contribution in [2.24, 2.45) is 0 Å². The fourth-order valence-electron chi connectivity index (χ4n) is 3.89. The van der Waals surface area contributed by atoms with E-state index in [2.05, 4.69) is 60.2 Å². The van der Waals surface area contributed by atoms with Gasteiger partial charge < -0.3 is 4.42 Å². The highest BCUT2D eigenvalue weighted by Crippen LogP contribution is 2.29. The lowest BCUT2D eigenvalue weighted by Crippen LogP contribution is -1.99. The first-order valence-electron chi connectivity index (χ1n) is 10.5. The molecule has 0 saturated heterocycles. The predicted octanol–water partition coefficient (Wildman–Crippen LogP) is 6.49. The molecule has 0 saturated carbocycles. The van der Waals surface area contributed by atoms with E-state index in [1.165, 1.54) is 16.7 Å². The summed E-state index contributed by atoms with van der Waals surface area (Å²) in [5, 5.41) is 0. The number of Topliss-reactive ketones (excluding diaryl/α,β-unsaturated/α-hetero) is 1. The van der Waals surface area contributed by atoms with Gasteiger partial charge in [-0.3, -0.25) is 4.79 Å². The molecule has 2 heterocycles. The fourth-order valence-corrected chi connectivity index (χ4v) is 3.89. The Hall–Kier alpha value is -3.27. The molecule has 152 valence electrons. The van der Waals surface area contributed by atoms with Crippen LogP contribution >= 0.6 is 0 Å². The molecule has 0 N–H and O–H groups in total. The maximum Gasteiger partial charge on any atom is 0.265 e. The van der Waals surface area contributed by atoms with Crippen LogP contribution in [0.3, 0.4) is 0 Å². The summed E-state index contributed by atoms with van der Waals surface area (Å²) in [5.41, 5.74) is 6.88. The normalized spacial score (nSPS) is 11.1. The molecule has 4 rings (SSSR count). The van der Waals surface area contributed by atoms with Crippen LogP contribution in [0.1, 0.15) is 53.1 Å². The minimum Gasteiger partial charge on any atom is -0.432 e. The summed E-state index contributed by atoms with van der Waals surface area (Å²) in [6, 6.07) is 18.6. The van der Waals surface area contributed by atoms with Crippen molar-refractivity contribution in [1.82, 2.24) is 9.97 Å². The van der Waals surface area contributed by atoms with Gasteiger partial charge in [-0.2, -0.15) is 4.98 Å². The van der Waals surface area contributed by atoms with Crippen molar-refractivity contribution in [3.63, 3.8) is 0 Å². The van der Waals surface area contributed by atoms with Crippen molar-refractivity contribution in [3.8, 4) is 11.1 Å². The second-order valence-corrected chi connectivity index (χ2v) is 7.80. The summed E-state index contributed by atoms with van der Waals surface area (Å²) in [6.45, 7) is 4.17. The zero-order chi connectivity index (χ0) is 20.9. The Morgan fingerprint density at radius 2 is 1.70 bits per heavy atom. The van der Waals surface area contributed by atoms with Crippen LogP contribution in [0, 0.1) is 13.8 Å². The van der Waals surface area contributed by atoms with Crippen molar-refractivity contribution >= 4 is 17.0 Å². The number of ketones is 1. The third kappa shape index (κ3) is 4.48. The molecule has 0 aliphatic heterocycles. The van der Waals surface area contributed by atoms with Gasteiger partial charge >= 0.3 is 0 Å². The second-order valence-electron chi connectivity index (χ2n) is 7.80. The Kier molecular flexibility index (Phi) is 6.03. The van der Waals surface area contributed by atoms with Crippen LogP contribution in [0.4, 0.5) is 0 Å². The second kappa shape index (κ2) is 9.04. The summed E-state index contributed by atoms with van der Waals surface area (Å²) >= 11 is 0. The molecule has 2 aromatic heterocycles. The van der Waals surface area contributed by atoms with Gasteiger partial charge in [-0.05, 0) is 61.4 Å². The number of nitrogens with zero attached hydrogens (tertiary/aromatic N) is 2. The topological polar surface area (TPSA) is 56.0 Å². The molecule has 0 amide bonds. The largest absolute Gasteiger partial charge is 0.432 e. The molecule has 0 atom stereocenters. The van der Waals surface area contributed by atoms with E-state index in [0.29, 0.717) is 17.7 Å². The van der Waals surface area contributed by atoms with Crippen LogP contribution < -0.4 is 0 Å². The number of hydrogen-bond donors (Lipinski definition) is 0. The monoisotopic (exact) mass is 398 g/mol. The van der Waals surface area contributed by atoms with Crippen LogP contribution in [0.2, 0.25) is 0 Å². The molecule has 0 aliphatic rings. The summed E-state index contributed by atoms with van der Waals surface area (Å²) in [7, 11) is 0. The Bertz CT molecular complexity index is 1140. The van der Waals surface area contributed by atoms with Crippen molar-refractivity contribution < 1.29 is 9.21 Å². The average molecular weight is 399 g/mol. The van der Waals surface area contributed by atoms with Gasteiger partial charge in [0.1, 0.15) is 0 Å². The lowest BCUT2D eigenvalue weighted by Gasteiger charge is -2.08. The predicted molar refractivity (Wildman–Crippen MR) is 120 cm³/mol. The fraction of sp³-hybridized carbons (Fsp3) is 0.269. The molecule has 0 spiro atoms. The number of oxazole rings is 1. The maximum atomic E-state index is 12.5. The quantitative estimate of drug-likeness (QED) is 0.251. The highest BCUT2D eigenvalue weighted by molar-refractivity contribution is 5.94. The number of unbranched alkanes of at least 4 members (excludes halogenated alkanes) is 2. The first kappa shape index (κ1) is 20.0. The lowest BCUT2D eigenvalue weighted by molar-refractivity contribution is 0.0947. The van der Waals surface area contributed by atoms with Crippen molar-refractivity contribution in [1.29, 1.82) is 0 Å². The summed E-state index contributed by atoms with van der Waals surface area (Å²) in [4.78, 5) is 21.3. The van der Waals surface area contributed by atoms with E-state index in [4.69, 9.17) is 4.42 Å². The van der Waals surface area contributed by atoms with Crippen molar-refractivity contribution in [3.05, 3.63) is 83.4 Å². The van der Waals surface area contributed by atoms with Crippen LogP contribution in [-0.2, 0) is 6.42 Å². The van der Waals surface area contributed by atoms with Gasteiger partial charge in [0, 0.05) is 18.2 Å². The number of pyridine rings is 1. The number of benzene rings is 2.